The number of hydrogen-bond acceptors (Lipinski definition) is 2. The molecule has 0 radical (unpaired) electrons. The summed E-state index contributed by atoms with van der Waals surface area (Å²) in [6.45, 7) is 7.28. The van der Waals surface area contributed by atoms with Crippen LogP contribution in [0.2, 0.25) is 5.02 Å². The minimum absolute atomic E-state index is 0.0623. The molecule has 21 heavy (non-hydrogen) atoms. The van der Waals surface area contributed by atoms with E-state index in [0.29, 0.717) is 16.9 Å². The monoisotopic (exact) mass is 326 g/mol. The summed E-state index contributed by atoms with van der Waals surface area (Å²) in [5.74, 6) is 1.27. The van der Waals surface area contributed by atoms with E-state index in [1.54, 1.807) is 0 Å². The van der Waals surface area contributed by atoms with Gasteiger partial charge in [0.15, 0.2) is 0 Å². The Bertz CT molecular complexity index is 666. The topological polar surface area (TPSA) is 27.1 Å². The quantitative estimate of drug-likeness (QED) is 0.754. The number of ether oxygens (including phenoxy) is 1. The summed E-state index contributed by atoms with van der Waals surface area (Å²) < 4.78 is 8.09. The molecule has 0 aliphatic heterocycles. The van der Waals surface area contributed by atoms with Gasteiger partial charge < -0.3 is 9.30 Å². The van der Waals surface area contributed by atoms with Gasteiger partial charge >= 0.3 is 0 Å². The first-order valence-corrected chi connectivity index (χ1v) is 8.24. The lowest BCUT2D eigenvalue weighted by atomic mass is 9.64. The summed E-state index contributed by atoms with van der Waals surface area (Å²) in [6.07, 6.45) is 1.27. The Morgan fingerprint density at radius 2 is 2.19 bits per heavy atom. The van der Waals surface area contributed by atoms with Crippen LogP contribution in [0.1, 0.15) is 39.1 Å². The Labute approximate surface area is 135 Å². The molecule has 1 heterocycles. The number of nitrogens with zero attached hydrogens (tertiary/aromatic N) is 2. The number of rotatable bonds is 4. The largest absolute Gasteiger partial charge is 0.378 e. The molecule has 1 aliphatic carbocycles. The molecule has 3 nitrogen and oxygen atoms in total. The van der Waals surface area contributed by atoms with Crippen molar-refractivity contribution in [3.05, 3.63) is 29.0 Å². The highest BCUT2D eigenvalue weighted by molar-refractivity contribution is 6.35. The molecule has 1 aliphatic rings. The first kappa shape index (κ1) is 15.1. The zero-order valence-corrected chi connectivity index (χ0v) is 14.1. The number of alkyl halides is 1. The Morgan fingerprint density at radius 3 is 2.81 bits per heavy atom. The maximum Gasteiger partial charge on any atom is 0.125 e. The third-order valence-corrected chi connectivity index (χ3v) is 5.21. The van der Waals surface area contributed by atoms with E-state index in [1.165, 1.54) is 0 Å². The van der Waals surface area contributed by atoms with E-state index in [9.17, 15) is 0 Å². The van der Waals surface area contributed by atoms with Gasteiger partial charge in [0, 0.05) is 18.1 Å². The summed E-state index contributed by atoms with van der Waals surface area (Å²) in [5.41, 5.74) is 1.96. The van der Waals surface area contributed by atoms with Gasteiger partial charge in [0.1, 0.15) is 11.3 Å². The van der Waals surface area contributed by atoms with Crippen molar-refractivity contribution in [2.75, 3.05) is 6.61 Å². The van der Waals surface area contributed by atoms with Crippen molar-refractivity contribution in [2.45, 2.75) is 45.2 Å². The summed E-state index contributed by atoms with van der Waals surface area (Å²) in [7, 11) is 0. The molecule has 1 aromatic heterocycles. The lowest BCUT2D eigenvalue weighted by Crippen LogP contribution is -2.51. The van der Waals surface area contributed by atoms with Crippen molar-refractivity contribution in [3.63, 3.8) is 0 Å². The maximum atomic E-state index is 6.27. The summed E-state index contributed by atoms with van der Waals surface area (Å²) in [5, 5.41) is 0.677. The van der Waals surface area contributed by atoms with Crippen LogP contribution in [0.5, 0.6) is 0 Å². The second-order valence-electron chi connectivity index (χ2n) is 6.16. The van der Waals surface area contributed by atoms with E-state index in [-0.39, 0.29) is 11.5 Å². The molecule has 5 heteroatoms. The molecule has 2 unspecified atom stereocenters. The lowest BCUT2D eigenvalue weighted by molar-refractivity contribution is -0.127. The van der Waals surface area contributed by atoms with Gasteiger partial charge in [-0.25, -0.2) is 4.98 Å². The number of fused-ring (bicyclic) bond motifs is 1. The molecular weight excluding hydrogens is 307 g/mol. The van der Waals surface area contributed by atoms with Crippen LogP contribution in [-0.2, 0) is 10.6 Å². The minimum atomic E-state index is 0.0623. The molecule has 0 saturated heterocycles. The number of imidazole rings is 1. The van der Waals surface area contributed by atoms with Crippen LogP contribution in [-0.4, -0.2) is 22.3 Å². The molecule has 1 saturated carbocycles. The standard InChI is InChI=1S/C16H20Cl2N2O/c1-4-21-13-8-12(16(13,2)3)20-11-7-5-6-10(18)15(11)19-14(20)9-17/h5-7,12-13H,4,8-9H2,1-3H3. The van der Waals surface area contributed by atoms with Crippen LogP contribution in [0.15, 0.2) is 18.2 Å². The molecule has 3 rings (SSSR count). The first-order chi connectivity index (χ1) is 10.0. The van der Waals surface area contributed by atoms with Gasteiger partial charge in [-0.2, -0.15) is 0 Å². The van der Waals surface area contributed by atoms with E-state index in [1.807, 2.05) is 19.1 Å². The van der Waals surface area contributed by atoms with E-state index < -0.39 is 0 Å². The van der Waals surface area contributed by atoms with Crippen molar-refractivity contribution >= 4 is 34.2 Å². The maximum absolute atomic E-state index is 6.27. The molecule has 1 fully saturated rings. The second kappa shape index (κ2) is 5.45. The van der Waals surface area contributed by atoms with Crippen LogP contribution in [0.3, 0.4) is 0 Å². The third-order valence-electron chi connectivity index (χ3n) is 4.67. The van der Waals surface area contributed by atoms with Crippen molar-refractivity contribution in [1.82, 2.24) is 9.55 Å². The fourth-order valence-electron chi connectivity index (χ4n) is 3.36. The molecule has 1 aromatic carbocycles. The number of aromatic nitrogens is 2. The second-order valence-corrected chi connectivity index (χ2v) is 6.83. The fraction of sp³-hybridized carbons (Fsp3) is 0.562. The van der Waals surface area contributed by atoms with Crippen molar-refractivity contribution in [1.29, 1.82) is 0 Å². The Balaban J connectivity index is 2.07. The summed E-state index contributed by atoms with van der Waals surface area (Å²) in [4.78, 5) is 4.63. The van der Waals surface area contributed by atoms with Gasteiger partial charge in [0.05, 0.1) is 22.5 Å². The molecule has 0 amide bonds. The van der Waals surface area contributed by atoms with E-state index in [4.69, 9.17) is 27.9 Å². The van der Waals surface area contributed by atoms with E-state index >= 15 is 0 Å². The normalized spacial score (nSPS) is 24.2. The fourth-order valence-corrected chi connectivity index (χ4v) is 3.76. The Morgan fingerprint density at radius 1 is 1.43 bits per heavy atom. The highest BCUT2D eigenvalue weighted by atomic mass is 35.5. The van der Waals surface area contributed by atoms with Crippen LogP contribution in [0.25, 0.3) is 11.0 Å². The zero-order valence-electron chi connectivity index (χ0n) is 12.6. The highest BCUT2D eigenvalue weighted by Gasteiger charge is 2.50. The van der Waals surface area contributed by atoms with Gasteiger partial charge in [-0.3, -0.25) is 0 Å². The molecule has 0 N–H and O–H groups in total. The predicted octanol–water partition coefficient (Wildman–Crippen LogP) is 4.80. The van der Waals surface area contributed by atoms with Crippen LogP contribution < -0.4 is 0 Å². The molecule has 0 bridgehead atoms. The number of para-hydroxylation sites is 1. The first-order valence-electron chi connectivity index (χ1n) is 7.33. The number of benzene rings is 1. The van der Waals surface area contributed by atoms with Crippen LogP contribution >= 0.6 is 23.2 Å². The number of halogens is 2. The molecule has 114 valence electrons. The Hall–Kier alpha value is -0.770. The lowest BCUT2D eigenvalue weighted by Gasteiger charge is -2.52. The number of hydrogen-bond donors (Lipinski definition) is 0. The van der Waals surface area contributed by atoms with Gasteiger partial charge in [0.2, 0.25) is 0 Å². The predicted molar refractivity (Wildman–Crippen MR) is 87.1 cm³/mol. The van der Waals surface area contributed by atoms with Gasteiger partial charge in [-0.05, 0) is 25.5 Å². The van der Waals surface area contributed by atoms with Crippen LogP contribution in [0, 0.1) is 5.41 Å². The summed E-state index contributed by atoms with van der Waals surface area (Å²) >= 11 is 12.4. The van der Waals surface area contributed by atoms with Crippen molar-refractivity contribution in [3.8, 4) is 0 Å². The van der Waals surface area contributed by atoms with E-state index in [2.05, 4.69) is 29.5 Å². The van der Waals surface area contributed by atoms with Gasteiger partial charge in [0.25, 0.3) is 0 Å². The van der Waals surface area contributed by atoms with Crippen molar-refractivity contribution in [2.24, 2.45) is 5.41 Å². The average molecular weight is 327 g/mol. The average Bonchev–Trinajstić information content (AvgIpc) is 2.82. The molecular formula is C16H20Cl2N2O. The zero-order chi connectivity index (χ0) is 15.2. The third kappa shape index (κ3) is 2.26. The van der Waals surface area contributed by atoms with Crippen LogP contribution in [0.4, 0.5) is 0 Å². The molecule has 2 aromatic rings. The molecule has 2 atom stereocenters. The SMILES string of the molecule is CCOC1CC(n2c(CCl)nc3c(Cl)cccc32)C1(C)C. The Kier molecular flexibility index (Phi) is 3.93. The minimum Gasteiger partial charge on any atom is -0.378 e. The highest BCUT2D eigenvalue weighted by Crippen LogP contribution is 2.52. The van der Waals surface area contributed by atoms with Gasteiger partial charge in [-0.1, -0.05) is 31.5 Å². The summed E-state index contributed by atoms with van der Waals surface area (Å²) in [6, 6.07) is 6.24. The van der Waals surface area contributed by atoms with Gasteiger partial charge in [-0.15, -0.1) is 11.6 Å². The van der Waals surface area contributed by atoms with Crippen molar-refractivity contribution < 1.29 is 4.74 Å². The smallest absolute Gasteiger partial charge is 0.125 e. The molecule has 0 spiro atoms. The van der Waals surface area contributed by atoms with E-state index in [0.717, 1.165) is 29.9 Å².